The number of rotatable bonds is 5. The fraction of sp³-hybridized carbons (Fsp3) is 0.120. The number of nitrogens with zero attached hydrogens (tertiary/aromatic N) is 1. The highest BCUT2D eigenvalue weighted by Gasteiger charge is 2.18. The number of carboxylic acids is 1. The molecule has 1 aromatic heterocycles. The van der Waals surface area contributed by atoms with Crippen molar-refractivity contribution in [2.75, 3.05) is 7.11 Å². The van der Waals surface area contributed by atoms with E-state index in [1.807, 2.05) is 67.6 Å². The van der Waals surface area contributed by atoms with Crippen molar-refractivity contribution >= 4 is 16.9 Å². The first-order valence-electron chi connectivity index (χ1n) is 9.55. The normalized spacial score (nSPS) is 12.7. The lowest BCUT2D eigenvalue weighted by atomic mass is 10.1. The molecule has 5 heteroatoms. The second-order valence-corrected chi connectivity index (χ2v) is 7.00. The van der Waals surface area contributed by atoms with E-state index in [1.54, 1.807) is 25.3 Å². The predicted octanol–water partition coefficient (Wildman–Crippen LogP) is 5.14. The van der Waals surface area contributed by atoms with Gasteiger partial charge in [0.25, 0.3) is 0 Å². The van der Waals surface area contributed by atoms with Gasteiger partial charge in [-0.3, -0.25) is 4.99 Å². The summed E-state index contributed by atoms with van der Waals surface area (Å²) < 4.78 is 11.3. The Labute approximate surface area is 173 Å². The third-order valence-electron chi connectivity index (χ3n) is 4.89. The van der Waals surface area contributed by atoms with Crippen LogP contribution in [0, 0.1) is 6.92 Å². The van der Waals surface area contributed by atoms with Gasteiger partial charge in [-0.2, -0.15) is 0 Å². The fourth-order valence-electron chi connectivity index (χ4n) is 3.33. The average Bonchev–Trinajstić information content (AvgIpc) is 2.77. The van der Waals surface area contributed by atoms with Crippen LogP contribution in [-0.2, 0) is 4.79 Å². The van der Waals surface area contributed by atoms with Crippen molar-refractivity contribution in [3.05, 3.63) is 95.3 Å². The molecule has 0 bridgehead atoms. The Kier molecular flexibility index (Phi) is 5.35. The van der Waals surface area contributed by atoms with Crippen LogP contribution in [0.25, 0.3) is 22.3 Å². The van der Waals surface area contributed by atoms with Crippen molar-refractivity contribution in [3.8, 4) is 17.1 Å². The summed E-state index contributed by atoms with van der Waals surface area (Å²) in [5, 5.41) is 11.2. The summed E-state index contributed by atoms with van der Waals surface area (Å²) in [5.74, 6) is 0.342. The van der Waals surface area contributed by atoms with Crippen LogP contribution in [0.3, 0.4) is 0 Å². The highest BCUT2D eigenvalue weighted by Crippen LogP contribution is 2.25. The summed E-state index contributed by atoms with van der Waals surface area (Å²) >= 11 is 0. The number of carboxylic acid groups (broad SMARTS) is 1. The van der Waals surface area contributed by atoms with Gasteiger partial charge in [-0.05, 0) is 48.9 Å². The van der Waals surface area contributed by atoms with Crippen LogP contribution < -0.4 is 10.1 Å². The second kappa shape index (κ2) is 8.25. The maximum absolute atomic E-state index is 12.0. The van der Waals surface area contributed by atoms with Crippen molar-refractivity contribution in [3.63, 3.8) is 0 Å². The summed E-state index contributed by atoms with van der Waals surface area (Å²) in [7, 11) is 1.62. The van der Waals surface area contributed by atoms with Crippen molar-refractivity contribution in [2.45, 2.75) is 13.0 Å². The topological polar surface area (TPSA) is 72.0 Å². The first kappa shape index (κ1) is 19.5. The van der Waals surface area contributed by atoms with Gasteiger partial charge in [0, 0.05) is 17.0 Å². The summed E-state index contributed by atoms with van der Waals surface area (Å²) in [4.78, 5) is 16.6. The Morgan fingerprint density at radius 1 is 1.00 bits per heavy atom. The zero-order valence-corrected chi connectivity index (χ0v) is 16.7. The lowest BCUT2D eigenvalue weighted by Crippen LogP contribution is -2.15. The first-order chi connectivity index (χ1) is 14.5. The number of hydrogen-bond acceptors (Lipinski definition) is 4. The van der Waals surface area contributed by atoms with Gasteiger partial charge in [-0.1, -0.05) is 42.0 Å². The van der Waals surface area contributed by atoms with Crippen LogP contribution in [-0.4, -0.2) is 18.2 Å². The van der Waals surface area contributed by atoms with E-state index in [0.29, 0.717) is 22.3 Å². The molecule has 0 saturated heterocycles. The molecule has 150 valence electrons. The van der Waals surface area contributed by atoms with Crippen LogP contribution in [0.1, 0.15) is 17.2 Å². The summed E-state index contributed by atoms with van der Waals surface area (Å²) in [5.41, 5.74) is 3.15. The Morgan fingerprint density at radius 3 is 2.40 bits per heavy atom. The Bertz CT molecular complexity index is 1260. The van der Waals surface area contributed by atoms with Crippen LogP contribution in [0.4, 0.5) is 0 Å². The Hall–Kier alpha value is -3.86. The SMILES string of the molecule is COc1ccc(-c2cc(=NC(C(=O)O)c3ccccc3)c3cc(C)ccc3o2)cc1. The van der Waals surface area contributed by atoms with Gasteiger partial charge in [0.05, 0.1) is 12.5 Å². The highest BCUT2D eigenvalue weighted by molar-refractivity contribution is 5.80. The predicted molar refractivity (Wildman–Crippen MR) is 115 cm³/mol. The number of benzene rings is 3. The van der Waals surface area contributed by atoms with Gasteiger partial charge in [0.1, 0.15) is 17.1 Å². The van der Waals surface area contributed by atoms with E-state index < -0.39 is 12.0 Å². The molecule has 1 unspecified atom stereocenters. The van der Waals surface area contributed by atoms with Crippen LogP contribution in [0.15, 0.2) is 88.3 Å². The molecule has 5 nitrogen and oxygen atoms in total. The fourth-order valence-corrected chi connectivity index (χ4v) is 3.33. The van der Waals surface area contributed by atoms with E-state index in [1.165, 1.54) is 0 Å². The minimum Gasteiger partial charge on any atom is -0.497 e. The molecule has 0 amide bonds. The second-order valence-electron chi connectivity index (χ2n) is 7.00. The number of ether oxygens (including phenoxy) is 1. The van der Waals surface area contributed by atoms with Gasteiger partial charge in [0.2, 0.25) is 0 Å². The average molecular weight is 399 g/mol. The minimum absolute atomic E-state index is 0.571. The van der Waals surface area contributed by atoms with E-state index in [0.717, 1.165) is 22.3 Å². The van der Waals surface area contributed by atoms with Crippen LogP contribution in [0.5, 0.6) is 5.75 Å². The number of aryl methyl sites for hydroxylation is 1. The number of fused-ring (bicyclic) bond motifs is 1. The standard InChI is InChI=1S/C25H21NO4/c1-16-8-13-22-20(14-16)21(26-24(25(27)28)18-6-4-3-5-7-18)15-23(30-22)17-9-11-19(29-2)12-10-17/h3-15,24H,1-2H3,(H,27,28). The van der Waals surface area contributed by atoms with Gasteiger partial charge in [-0.15, -0.1) is 0 Å². The molecule has 3 aromatic carbocycles. The third-order valence-corrected chi connectivity index (χ3v) is 4.89. The minimum atomic E-state index is -1.01. The molecule has 0 aliphatic carbocycles. The largest absolute Gasteiger partial charge is 0.497 e. The zero-order valence-electron chi connectivity index (χ0n) is 16.7. The quantitative estimate of drug-likeness (QED) is 0.504. The molecule has 0 aliphatic heterocycles. The van der Waals surface area contributed by atoms with E-state index in [-0.39, 0.29) is 0 Å². The number of methoxy groups -OCH3 is 1. The first-order valence-corrected chi connectivity index (χ1v) is 9.55. The number of carbonyl (C=O) groups is 1. The summed E-state index contributed by atoms with van der Waals surface area (Å²) in [6.07, 6.45) is 0. The lowest BCUT2D eigenvalue weighted by Gasteiger charge is -2.10. The van der Waals surface area contributed by atoms with E-state index in [9.17, 15) is 9.90 Å². The molecule has 1 atom stereocenters. The zero-order chi connectivity index (χ0) is 21.1. The molecule has 0 saturated carbocycles. The Balaban J connectivity index is 1.95. The highest BCUT2D eigenvalue weighted by atomic mass is 16.5. The molecule has 0 aliphatic rings. The van der Waals surface area contributed by atoms with Gasteiger partial charge in [0.15, 0.2) is 6.04 Å². The summed E-state index contributed by atoms with van der Waals surface area (Å²) in [6.45, 7) is 1.98. The van der Waals surface area contributed by atoms with Gasteiger partial charge < -0.3 is 14.3 Å². The van der Waals surface area contributed by atoms with Crippen molar-refractivity contribution in [2.24, 2.45) is 4.99 Å². The molecule has 1 heterocycles. The molecular weight excluding hydrogens is 378 g/mol. The summed E-state index contributed by atoms with van der Waals surface area (Å²) in [6, 6.07) is 23.1. The van der Waals surface area contributed by atoms with Crippen LogP contribution >= 0.6 is 0 Å². The van der Waals surface area contributed by atoms with Crippen molar-refractivity contribution in [1.29, 1.82) is 0 Å². The number of hydrogen-bond donors (Lipinski definition) is 1. The smallest absolute Gasteiger partial charge is 0.333 e. The molecule has 0 fully saturated rings. The lowest BCUT2D eigenvalue weighted by molar-refractivity contribution is -0.138. The molecular formula is C25H21NO4. The number of aliphatic carboxylic acids is 1. The molecule has 4 aromatic rings. The molecule has 1 N–H and O–H groups in total. The maximum Gasteiger partial charge on any atom is 0.333 e. The van der Waals surface area contributed by atoms with Gasteiger partial charge in [-0.25, -0.2) is 4.79 Å². The van der Waals surface area contributed by atoms with E-state index in [2.05, 4.69) is 4.99 Å². The molecule has 0 spiro atoms. The monoisotopic (exact) mass is 399 g/mol. The third kappa shape index (κ3) is 3.96. The maximum atomic E-state index is 12.0. The van der Waals surface area contributed by atoms with Gasteiger partial charge >= 0.3 is 5.97 Å². The molecule has 30 heavy (non-hydrogen) atoms. The van der Waals surface area contributed by atoms with Crippen molar-refractivity contribution in [1.82, 2.24) is 0 Å². The van der Waals surface area contributed by atoms with Crippen molar-refractivity contribution < 1.29 is 19.1 Å². The Morgan fingerprint density at radius 2 is 1.73 bits per heavy atom. The van der Waals surface area contributed by atoms with Crippen LogP contribution in [0.2, 0.25) is 0 Å². The van der Waals surface area contributed by atoms with E-state index >= 15 is 0 Å². The van der Waals surface area contributed by atoms with E-state index in [4.69, 9.17) is 9.15 Å². The molecule has 0 radical (unpaired) electrons. The molecule has 4 rings (SSSR count).